The molecular formula is C20H23N5O2. The van der Waals surface area contributed by atoms with Gasteiger partial charge in [-0.2, -0.15) is 0 Å². The van der Waals surface area contributed by atoms with E-state index in [1.807, 2.05) is 19.2 Å². The van der Waals surface area contributed by atoms with Crippen molar-refractivity contribution in [2.45, 2.75) is 38.6 Å². The summed E-state index contributed by atoms with van der Waals surface area (Å²) in [5.41, 5.74) is 1.46. The molecule has 27 heavy (non-hydrogen) atoms. The Balaban J connectivity index is 1.51. The van der Waals surface area contributed by atoms with E-state index in [-0.39, 0.29) is 11.8 Å². The fraction of sp³-hybridized carbons (Fsp3) is 0.400. The Hall–Kier alpha value is -2.80. The van der Waals surface area contributed by atoms with Crippen LogP contribution in [0.25, 0.3) is 22.4 Å². The van der Waals surface area contributed by atoms with Gasteiger partial charge in [-0.3, -0.25) is 4.79 Å². The van der Waals surface area contributed by atoms with Gasteiger partial charge >= 0.3 is 0 Å². The van der Waals surface area contributed by atoms with Crippen molar-refractivity contribution in [3.05, 3.63) is 36.5 Å². The first-order valence-corrected chi connectivity index (χ1v) is 9.30. The first-order valence-electron chi connectivity index (χ1n) is 9.30. The van der Waals surface area contributed by atoms with E-state index in [1.54, 1.807) is 25.4 Å². The topological polar surface area (TPSA) is 92.9 Å². The molecule has 3 heterocycles. The molecule has 0 aromatic carbocycles. The highest BCUT2D eigenvalue weighted by atomic mass is 16.4. The number of anilines is 1. The van der Waals surface area contributed by atoms with Crippen molar-refractivity contribution in [3.8, 4) is 11.5 Å². The SMILES string of the molecule is CN[C@H]1CC[C@H](C(=O)Nc2cc3nc(-c4cnc(C)o4)ccc3cn2)CC1. The molecule has 140 valence electrons. The zero-order valence-electron chi connectivity index (χ0n) is 15.5. The van der Waals surface area contributed by atoms with Crippen LogP contribution in [0.1, 0.15) is 31.6 Å². The lowest BCUT2D eigenvalue weighted by Crippen LogP contribution is -2.34. The standard InChI is InChI=1S/C20H23N5O2/c1-12-22-11-18(27-12)16-8-5-14-10-23-19(9-17(14)24-16)25-20(26)13-3-6-15(21-2)7-4-13/h5,8-11,13,15,21H,3-4,6-7H2,1-2H3,(H,23,25,26)/t13-,15-. The molecule has 0 bridgehead atoms. The van der Waals surface area contributed by atoms with Crippen LogP contribution in [0.15, 0.2) is 35.0 Å². The fourth-order valence-electron chi connectivity index (χ4n) is 3.57. The number of carbonyl (C=O) groups is 1. The van der Waals surface area contributed by atoms with Crippen LogP contribution >= 0.6 is 0 Å². The molecule has 2 N–H and O–H groups in total. The van der Waals surface area contributed by atoms with Gasteiger partial charge in [0.15, 0.2) is 11.7 Å². The van der Waals surface area contributed by atoms with Crippen LogP contribution in [0.3, 0.4) is 0 Å². The van der Waals surface area contributed by atoms with E-state index in [0.29, 0.717) is 29.2 Å². The van der Waals surface area contributed by atoms with Crippen LogP contribution in [0.4, 0.5) is 5.82 Å². The predicted octanol–water partition coefficient (Wildman–Crippen LogP) is 3.31. The van der Waals surface area contributed by atoms with Gasteiger partial charge in [0.2, 0.25) is 5.91 Å². The van der Waals surface area contributed by atoms with E-state index < -0.39 is 0 Å². The maximum Gasteiger partial charge on any atom is 0.228 e. The summed E-state index contributed by atoms with van der Waals surface area (Å²) in [4.78, 5) is 25.7. The van der Waals surface area contributed by atoms with Crippen molar-refractivity contribution in [1.82, 2.24) is 20.3 Å². The molecule has 1 amide bonds. The number of nitrogens with one attached hydrogen (secondary N) is 2. The summed E-state index contributed by atoms with van der Waals surface area (Å²) >= 11 is 0. The quantitative estimate of drug-likeness (QED) is 0.737. The van der Waals surface area contributed by atoms with E-state index in [4.69, 9.17) is 4.42 Å². The largest absolute Gasteiger partial charge is 0.439 e. The molecular weight excluding hydrogens is 342 g/mol. The van der Waals surface area contributed by atoms with E-state index in [1.165, 1.54) is 0 Å². The van der Waals surface area contributed by atoms with Crippen molar-refractivity contribution in [3.63, 3.8) is 0 Å². The minimum atomic E-state index is 0.0402. The lowest BCUT2D eigenvalue weighted by molar-refractivity contribution is -0.120. The van der Waals surface area contributed by atoms with Gasteiger partial charge in [-0.15, -0.1) is 0 Å². The van der Waals surface area contributed by atoms with Crippen molar-refractivity contribution in [1.29, 1.82) is 0 Å². The molecule has 4 rings (SSSR count). The minimum absolute atomic E-state index is 0.0402. The number of aryl methyl sites for hydroxylation is 1. The zero-order chi connectivity index (χ0) is 18.8. The van der Waals surface area contributed by atoms with Crippen LogP contribution in [0, 0.1) is 12.8 Å². The summed E-state index contributed by atoms with van der Waals surface area (Å²) in [5.74, 6) is 1.84. The van der Waals surface area contributed by atoms with Gasteiger partial charge in [-0.25, -0.2) is 15.0 Å². The minimum Gasteiger partial charge on any atom is -0.439 e. The van der Waals surface area contributed by atoms with E-state index in [9.17, 15) is 4.79 Å². The van der Waals surface area contributed by atoms with Gasteiger partial charge < -0.3 is 15.1 Å². The average molecular weight is 365 g/mol. The van der Waals surface area contributed by atoms with Crippen molar-refractivity contribution >= 4 is 22.6 Å². The molecule has 1 aliphatic carbocycles. The maximum absolute atomic E-state index is 12.6. The number of hydrogen-bond donors (Lipinski definition) is 2. The Labute approximate surface area is 157 Å². The third kappa shape index (κ3) is 3.83. The highest BCUT2D eigenvalue weighted by Gasteiger charge is 2.25. The number of pyridine rings is 2. The van der Waals surface area contributed by atoms with Crippen molar-refractivity contribution in [2.24, 2.45) is 5.92 Å². The molecule has 0 radical (unpaired) electrons. The second-order valence-corrected chi connectivity index (χ2v) is 7.03. The molecule has 1 saturated carbocycles. The number of amides is 1. The Morgan fingerprint density at radius 1 is 1.15 bits per heavy atom. The number of nitrogens with zero attached hydrogens (tertiary/aromatic N) is 3. The van der Waals surface area contributed by atoms with Crippen LogP contribution in [0.5, 0.6) is 0 Å². The summed E-state index contributed by atoms with van der Waals surface area (Å²) < 4.78 is 5.55. The molecule has 7 nitrogen and oxygen atoms in total. The number of fused-ring (bicyclic) bond motifs is 1. The van der Waals surface area contributed by atoms with Crippen LogP contribution in [-0.2, 0) is 4.79 Å². The molecule has 3 aromatic heterocycles. The number of aromatic nitrogens is 3. The van der Waals surface area contributed by atoms with Gasteiger partial charge in [0.25, 0.3) is 0 Å². The molecule has 0 aliphatic heterocycles. The maximum atomic E-state index is 12.6. The average Bonchev–Trinajstić information content (AvgIpc) is 3.14. The monoisotopic (exact) mass is 365 g/mol. The normalized spacial score (nSPS) is 19.9. The fourth-order valence-corrected chi connectivity index (χ4v) is 3.57. The number of rotatable bonds is 4. The molecule has 0 saturated heterocycles. The lowest BCUT2D eigenvalue weighted by atomic mass is 9.85. The summed E-state index contributed by atoms with van der Waals surface area (Å²) in [6.07, 6.45) is 7.25. The first kappa shape index (κ1) is 17.6. The van der Waals surface area contributed by atoms with Gasteiger partial charge in [0, 0.05) is 36.5 Å². The molecule has 0 atom stereocenters. The predicted molar refractivity (Wildman–Crippen MR) is 103 cm³/mol. The number of oxazole rings is 1. The third-order valence-corrected chi connectivity index (χ3v) is 5.20. The molecule has 0 spiro atoms. The summed E-state index contributed by atoms with van der Waals surface area (Å²) in [7, 11) is 1.98. The van der Waals surface area contributed by atoms with E-state index >= 15 is 0 Å². The second kappa shape index (κ2) is 7.44. The highest BCUT2D eigenvalue weighted by Crippen LogP contribution is 2.26. The van der Waals surface area contributed by atoms with E-state index in [2.05, 4.69) is 25.6 Å². The van der Waals surface area contributed by atoms with E-state index in [0.717, 1.165) is 36.6 Å². The number of hydrogen-bond acceptors (Lipinski definition) is 6. The van der Waals surface area contributed by atoms with Crippen molar-refractivity contribution in [2.75, 3.05) is 12.4 Å². The molecule has 0 unspecified atom stereocenters. The summed E-state index contributed by atoms with van der Waals surface area (Å²) in [6.45, 7) is 1.80. The van der Waals surface area contributed by atoms with Gasteiger partial charge in [0.05, 0.1) is 11.7 Å². The second-order valence-electron chi connectivity index (χ2n) is 7.03. The molecule has 1 aliphatic rings. The Kier molecular flexibility index (Phi) is 4.85. The molecule has 1 fully saturated rings. The summed E-state index contributed by atoms with van der Waals surface area (Å²) in [5, 5.41) is 7.15. The highest BCUT2D eigenvalue weighted by molar-refractivity contribution is 5.93. The lowest BCUT2D eigenvalue weighted by Gasteiger charge is -2.27. The van der Waals surface area contributed by atoms with Gasteiger partial charge in [-0.1, -0.05) is 0 Å². The van der Waals surface area contributed by atoms with Gasteiger partial charge in [0.1, 0.15) is 11.5 Å². The molecule has 3 aromatic rings. The zero-order valence-corrected chi connectivity index (χ0v) is 15.5. The molecule has 7 heteroatoms. The third-order valence-electron chi connectivity index (χ3n) is 5.20. The smallest absolute Gasteiger partial charge is 0.228 e. The van der Waals surface area contributed by atoms with Crippen LogP contribution in [0.2, 0.25) is 0 Å². The van der Waals surface area contributed by atoms with Crippen LogP contribution in [-0.4, -0.2) is 33.9 Å². The number of carbonyl (C=O) groups excluding carboxylic acids is 1. The summed E-state index contributed by atoms with van der Waals surface area (Å²) in [6, 6.07) is 6.14. The van der Waals surface area contributed by atoms with Crippen LogP contribution < -0.4 is 10.6 Å². The Morgan fingerprint density at radius 2 is 1.96 bits per heavy atom. The first-order chi connectivity index (χ1) is 13.1. The van der Waals surface area contributed by atoms with Gasteiger partial charge in [-0.05, 0) is 44.9 Å². The Morgan fingerprint density at radius 3 is 2.67 bits per heavy atom. The Bertz CT molecular complexity index is 960. The van der Waals surface area contributed by atoms with Crippen molar-refractivity contribution < 1.29 is 9.21 Å².